The summed E-state index contributed by atoms with van der Waals surface area (Å²) < 4.78 is 39.4. The number of anilines is 1. The molecule has 0 aliphatic heterocycles. The number of fused-ring (bicyclic) bond motifs is 1. The van der Waals surface area contributed by atoms with Gasteiger partial charge >= 0.3 is 5.63 Å². The van der Waals surface area contributed by atoms with Crippen LogP contribution in [0.1, 0.15) is 23.6 Å². The van der Waals surface area contributed by atoms with Crippen LogP contribution < -0.4 is 15.1 Å². The molecule has 1 unspecified atom stereocenters. The lowest BCUT2D eigenvalue weighted by molar-refractivity contribution is 0.370. The average molecular weight is 414 g/mol. The highest BCUT2D eigenvalue weighted by atomic mass is 32.2. The van der Waals surface area contributed by atoms with Crippen molar-refractivity contribution in [1.82, 2.24) is 4.98 Å². The molecule has 6 nitrogen and oxygen atoms in total. The topological polar surface area (TPSA) is 87.4 Å². The number of hydrogen-bond donors (Lipinski definition) is 1. The second-order valence-corrected chi connectivity index (χ2v) is 7.34. The maximum Gasteiger partial charge on any atom is 0.340 e. The molecule has 3 aromatic rings. The summed E-state index contributed by atoms with van der Waals surface area (Å²) in [7, 11) is 0. The van der Waals surface area contributed by atoms with Gasteiger partial charge in [-0.3, -0.25) is 0 Å². The van der Waals surface area contributed by atoms with Gasteiger partial charge in [0.05, 0.1) is 11.4 Å². The molecule has 0 saturated heterocycles. The van der Waals surface area contributed by atoms with Crippen LogP contribution in [0.2, 0.25) is 0 Å². The molecule has 150 valence electrons. The van der Waals surface area contributed by atoms with Crippen molar-refractivity contribution in [2.24, 2.45) is 0 Å². The smallest absolute Gasteiger partial charge is 0.340 e. The minimum absolute atomic E-state index is 0.0217. The molecule has 8 heteroatoms. The third-order valence-corrected chi connectivity index (χ3v) is 4.80. The van der Waals surface area contributed by atoms with Gasteiger partial charge in [0.15, 0.2) is 5.82 Å². The zero-order valence-corrected chi connectivity index (χ0v) is 17.0. The average Bonchev–Trinajstić information content (AvgIpc) is 2.67. The number of aromatic nitrogens is 1. The molecule has 0 spiro atoms. The van der Waals surface area contributed by atoms with E-state index in [1.165, 1.54) is 18.5 Å². The van der Waals surface area contributed by atoms with E-state index in [0.717, 1.165) is 5.39 Å². The van der Waals surface area contributed by atoms with Gasteiger partial charge < -0.3 is 13.7 Å². The molecule has 3 rings (SSSR count). The Morgan fingerprint density at radius 1 is 1.38 bits per heavy atom. The van der Waals surface area contributed by atoms with Gasteiger partial charge in [-0.05, 0) is 43.2 Å². The predicted molar refractivity (Wildman–Crippen MR) is 111 cm³/mol. The molecule has 0 bridgehead atoms. The van der Waals surface area contributed by atoms with Gasteiger partial charge in [0.1, 0.15) is 24.2 Å². The van der Waals surface area contributed by atoms with Gasteiger partial charge in [-0.2, -0.15) is 4.72 Å². The lowest BCUT2D eigenvalue weighted by Crippen LogP contribution is -2.15. The highest BCUT2D eigenvalue weighted by Crippen LogP contribution is 2.26. The fourth-order valence-electron chi connectivity index (χ4n) is 2.88. The number of nitrogens with one attached hydrogen (secondary N) is 1. The molecule has 1 N–H and O–H groups in total. The Labute approximate surface area is 170 Å². The molecule has 1 aromatic carbocycles. The molecular formula is C21H19FN2O4S. The molecule has 0 radical (unpaired) electrons. The highest BCUT2D eigenvalue weighted by molar-refractivity contribution is 7.92. The first-order valence-electron chi connectivity index (χ1n) is 8.73. The van der Waals surface area contributed by atoms with E-state index in [0.29, 0.717) is 22.5 Å². The number of rotatable bonds is 6. The van der Waals surface area contributed by atoms with Gasteiger partial charge in [0, 0.05) is 29.6 Å². The fraction of sp³-hybridized carbons (Fsp3) is 0.238. The summed E-state index contributed by atoms with van der Waals surface area (Å²) in [5.41, 5.74) is 1.13. The normalized spacial score (nSPS) is 11.6. The maximum atomic E-state index is 14.7. The second-order valence-electron chi connectivity index (χ2n) is 6.23. The molecule has 1 atom stereocenters. The predicted octanol–water partition coefficient (Wildman–Crippen LogP) is 3.33. The van der Waals surface area contributed by atoms with E-state index in [2.05, 4.69) is 21.5 Å². The third kappa shape index (κ3) is 4.70. The summed E-state index contributed by atoms with van der Waals surface area (Å²) in [5, 5.41) is 0.732. The Morgan fingerprint density at radius 3 is 2.90 bits per heavy atom. The molecule has 0 aliphatic carbocycles. The first kappa shape index (κ1) is 20.7. The Morgan fingerprint density at radius 2 is 2.17 bits per heavy atom. The summed E-state index contributed by atoms with van der Waals surface area (Å²) in [6, 6.07) is 6.67. The standard InChI is InChI=1S/C21H19FN2O4S/c1-4-5-10-27-15-6-7-16-13(2)17(21(25)28-18(16)12-15)11-14-8-9-23-20(19(14)22)24-29(3)26/h6-9,12H,10-11H2,1-3H3,(H,23,24). The van der Waals surface area contributed by atoms with Gasteiger partial charge in [-0.1, -0.05) is 5.92 Å². The molecule has 2 heterocycles. The van der Waals surface area contributed by atoms with E-state index >= 15 is 0 Å². The van der Waals surface area contributed by atoms with Crippen LogP contribution in [0.3, 0.4) is 0 Å². The van der Waals surface area contributed by atoms with Crippen molar-refractivity contribution < 1.29 is 18.1 Å². The van der Waals surface area contributed by atoms with E-state index in [1.807, 2.05) is 0 Å². The zero-order chi connectivity index (χ0) is 21.0. The van der Waals surface area contributed by atoms with E-state index in [-0.39, 0.29) is 24.4 Å². The monoisotopic (exact) mass is 414 g/mol. The number of pyridine rings is 1. The fourth-order valence-corrected chi connectivity index (χ4v) is 3.29. The Kier molecular flexibility index (Phi) is 6.42. The summed E-state index contributed by atoms with van der Waals surface area (Å²) in [6.07, 6.45) is 2.80. The number of halogens is 1. The van der Waals surface area contributed by atoms with Crippen LogP contribution in [0.25, 0.3) is 11.0 Å². The van der Waals surface area contributed by atoms with Gasteiger partial charge in [0.25, 0.3) is 0 Å². The van der Waals surface area contributed by atoms with E-state index in [4.69, 9.17) is 9.15 Å². The minimum Gasteiger partial charge on any atom is -0.593 e. The molecule has 0 amide bonds. The largest absolute Gasteiger partial charge is 0.593 e. The van der Waals surface area contributed by atoms with Crippen LogP contribution in [0.4, 0.5) is 10.2 Å². The summed E-state index contributed by atoms with van der Waals surface area (Å²) in [6.45, 7) is 3.75. The van der Waals surface area contributed by atoms with Crippen molar-refractivity contribution in [3.63, 3.8) is 0 Å². The maximum absolute atomic E-state index is 14.7. The van der Waals surface area contributed by atoms with Crippen molar-refractivity contribution in [3.05, 3.63) is 63.4 Å². The van der Waals surface area contributed by atoms with Crippen molar-refractivity contribution in [3.8, 4) is 17.6 Å². The van der Waals surface area contributed by atoms with Crippen LogP contribution in [0.15, 0.2) is 39.7 Å². The summed E-state index contributed by atoms with van der Waals surface area (Å²) >= 11 is -1.47. The van der Waals surface area contributed by atoms with Crippen molar-refractivity contribution in [2.45, 2.75) is 20.3 Å². The van der Waals surface area contributed by atoms with Crippen LogP contribution in [0, 0.1) is 24.6 Å². The molecular weight excluding hydrogens is 395 g/mol. The third-order valence-electron chi connectivity index (χ3n) is 4.32. The number of hydrogen-bond acceptors (Lipinski definition) is 6. The molecule has 0 saturated carbocycles. The molecule has 0 aliphatic rings. The molecule has 2 aromatic heterocycles. The number of aryl methyl sites for hydroxylation is 1. The van der Waals surface area contributed by atoms with E-state index in [1.54, 1.807) is 32.0 Å². The second kappa shape index (κ2) is 8.99. The Hall–Kier alpha value is -3.02. The van der Waals surface area contributed by atoms with Crippen molar-refractivity contribution in [2.75, 3.05) is 17.6 Å². The SMILES string of the molecule is CC#CCOc1ccc2c(C)c(Cc3ccnc(N[S+](C)[O-])c3F)c(=O)oc2c1. The van der Waals surface area contributed by atoms with Crippen molar-refractivity contribution in [1.29, 1.82) is 0 Å². The molecule has 29 heavy (non-hydrogen) atoms. The van der Waals surface area contributed by atoms with Crippen molar-refractivity contribution >= 4 is 28.1 Å². The van der Waals surface area contributed by atoms with Crippen LogP contribution in [0.5, 0.6) is 5.75 Å². The van der Waals surface area contributed by atoms with Gasteiger partial charge in [-0.25, -0.2) is 14.2 Å². The lowest BCUT2D eigenvalue weighted by atomic mass is 10.00. The number of benzene rings is 1. The Bertz CT molecular complexity index is 1170. The first-order chi connectivity index (χ1) is 13.9. The molecule has 0 fully saturated rings. The van der Waals surface area contributed by atoms with Gasteiger partial charge in [0.2, 0.25) is 5.82 Å². The summed E-state index contributed by atoms with van der Waals surface area (Å²) in [4.78, 5) is 16.4. The number of nitrogens with zero attached hydrogens (tertiary/aromatic N) is 1. The lowest BCUT2D eigenvalue weighted by Gasteiger charge is -2.12. The first-order valence-corrected chi connectivity index (χ1v) is 10.3. The van der Waals surface area contributed by atoms with E-state index in [9.17, 15) is 13.7 Å². The quantitative estimate of drug-likeness (QED) is 0.378. The minimum atomic E-state index is -1.47. The highest BCUT2D eigenvalue weighted by Gasteiger charge is 2.18. The van der Waals surface area contributed by atoms with Crippen LogP contribution >= 0.6 is 0 Å². The zero-order valence-electron chi connectivity index (χ0n) is 16.2. The number of ether oxygens (including phenoxy) is 1. The Balaban J connectivity index is 1.97. The summed E-state index contributed by atoms with van der Waals surface area (Å²) in [5.74, 6) is 5.30. The van der Waals surface area contributed by atoms with E-state index < -0.39 is 22.8 Å². The van der Waals surface area contributed by atoms with Crippen LogP contribution in [-0.4, -0.2) is 22.4 Å². The van der Waals surface area contributed by atoms with Crippen LogP contribution in [-0.2, 0) is 17.8 Å². The van der Waals surface area contributed by atoms with Gasteiger partial charge in [-0.15, -0.1) is 5.92 Å².